The van der Waals surface area contributed by atoms with Crippen LogP contribution in [0, 0.1) is 0 Å². The Bertz CT molecular complexity index is 2210. The lowest BCUT2D eigenvalue weighted by Gasteiger charge is -2.14. The zero-order valence-corrected chi connectivity index (χ0v) is 23.7. The highest BCUT2D eigenvalue weighted by atomic mass is 14.9. The van der Waals surface area contributed by atoms with Gasteiger partial charge < -0.3 is 0 Å². The van der Waals surface area contributed by atoms with E-state index in [-0.39, 0.29) is 0 Å². The van der Waals surface area contributed by atoms with Gasteiger partial charge in [0.1, 0.15) is 5.69 Å². The molecule has 5 nitrogen and oxygen atoms in total. The molecule has 44 heavy (non-hydrogen) atoms. The van der Waals surface area contributed by atoms with Crippen LogP contribution in [0.5, 0.6) is 0 Å². The minimum Gasteiger partial charge on any atom is -0.255 e. The van der Waals surface area contributed by atoms with Crippen LogP contribution in [0.1, 0.15) is 0 Å². The Morgan fingerprint density at radius 3 is 1.82 bits per heavy atom. The molecule has 0 aliphatic heterocycles. The number of hydrogen-bond acceptors (Lipinski definition) is 5. The number of rotatable bonds is 5. The second kappa shape index (κ2) is 11.0. The molecule has 0 atom stereocenters. The normalized spacial score (nSPS) is 11.2. The van der Waals surface area contributed by atoms with E-state index in [0.717, 1.165) is 55.9 Å². The number of benzene rings is 4. The maximum Gasteiger partial charge on any atom is 0.179 e. The van der Waals surface area contributed by atoms with Crippen LogP contribution in [0.4, 0.5) is 0 Å². The van der Waals surface area contributed by atoms with Gasteiger partial charge in [0.2, 0.25) is 0 Å². The summed E-state index contributed by atoms with van der Waals surface area (Å²) in [5.41, 5.74) is 9.16. The summed E-state index contributed by atoms with van der Waals surface area (Å²) in [7, 11) is 0. The van der Waals surface area contributed by atoms with Crippen molar-refractivity contribution in [1.82, 2.24) is 24.9 Å². The van der Waals surface area contributed by atoms with E-state index in [0.29, 0.717) is 11.5 Å². The van der Waals surface area contributed by atoms with Crippen molar-refractivity contribution in [2.45, 2.75) is 0 Å². The van der Waals surface area contributed by atoms with Crippen molar-refractivity contribution < 1.29 is 0 Å². The van der Waals surface area contributed by atoms with Crippen molar-refractivity contribution in [3.63, 3.8) is 0 Å². The highest BCUT2D eigenvalue weighted by Gasteiger charge is 2.15. The van der Waals surface area contributed by atoms with Gasteiger partial charge in [0.05, 0.1) is 28.3 Å². The first-order valence-corrected chi connectivity index (χ1v) is 14.5. The molecule has 0 amide bonds. The van der Waals surface area contributed by atoms with E-state index in [9.17, 15) is 0 Å². The summed E-state index contributed by atoms with van der Waals surface area (Å²) in [6.07, 6.45) is 3.53. The third-order valence-corrected chi connectivity index (χ3v) is 7.78. The Morgan fingerprint density at radius 1 is 0.386 bits per heavy atom. The summed E-state index contributed by atoms with van der Waals surface area (Å²) in [6.45, 7) is 0. The highest BCUT2D eigenvalue weighted by Crippen LogP contribution is 2.37. The third-order valence-electron chi connectivity index (χ3n) is 7.78. The SMILES string of the molecule is c1ccc(-c2cc(-c3cccc(-c4cc(-c5ccccn5)nc(-c5ccccn5)n4)c3)nc3ccc4ccccc4c23)cc1. The number of aromatic nitrogens is 5. The average molecular weight is 564 g/mol. The molecule has 0 bridgehead atoms. The predicted octanol–water partition coefficient (Wildman–Crippen LogP) is 9.30. The van der Waals surface area contributed by atoms with E-state index in [2.05, 4.69) is 107 Å². The largest absolute Gasteiger partial charge is 0.255 e. The van der Waals surface area contributed by atoms with E-state index in [1.165, 1.54) is 10.8 Å². The Kier molecular flexibility index (Phi) is 6.39. The third kappa shape index (κ3) is 4.76. The van der Waals surface area contributed by atoms with E-state index in [1.807, 2.05) is 42.5 Å². The fraction of sp³-hybridized carbons (Fsp3) is 0. The fourth-order valence-electron chi connectivity index (χ4n) is 5.69. The van der Waals surface area contributed by atoms with Crippen molar-refractivity contribution >= 4 is 21.7 Å². The smallest absolute Gasteiger partial charge is 0.179 e. The van der Waals surface area contributed by atoms with Gasteiger partial charge in [-0.05, 0) is 70.4 Å². The summed E-state index contributed by atoms with van der Waals surface area (Å²) >= 11 is 0. The number of nitrogens with zero attached hydrogens (tertiary/aromatic N) is 5. The molecule has 5 heteroatoms. The van der Waals surface area contributed by atoms with Crippen molar-refractivity contribution in [2.75, 3.05) is 0 Å². The summed E-state index contributed by atoms with van der Waals surface area (Å²) in [5.74, 6) is 0.552. The predicted molar refractivity (Wildman–Crippen MR) is 178 cm³/mol. The van der Waals surface area contributed by atoms with Gasteiger partial charge in [0, 0.05) is 28.9 Å². The van der Waals surface area contributed by atoms with E-state index < -0.39 is 0 Å². The maximum absolute atomic E-state index is 5.19. The molecule has 0 saturated heterocycles. The first kappa shape index (κ1) is 25.6. The molecule has 206 valence electrons. The molecule has 8 aromatic rings. The van der Waals surface area contributed by atoms with Crippen molar-refractivity contribution in [1.29, 1.82) is 0 Å². The molecule has 0 saturated carbocycles. The molecule has 0 aliphatic rings. The monoisotopic (exact) mass is 563 g/mol. The maximum atomic E-state index is 5.19. The van der Waals surface area contributed by atoms with E-state index >= 15 is 0 Å². The molecule has 0 radical (unpaired) electrons. The minimum atomic E-state index is 0.552. The van der Waals surface area contributed by atoms with Crippen LogP contribution in [-0.2, 0) is 0 Å². The van der Waals surface area contributed by atoms with Crippen LogP contribution in [0.25, 0.3) is 78.2 Å². The van der Waals surface area contributed by atoms with Gasteiger partial charge in [-0.1, -0.05) is 91.0 Å². The Balaban J connectivity index is 1.31. The molecule has 8 rings (SSSR count). The molecule has 0 unspecified atom stereocenters. The first-order valence-electron chi connectivity index (χ1n) is 14.5. The van der Waals surface area contributed by atoms with Crippen LogP contribution < -0.4 is 0 Å². The van der Waals surface area contributed by atoms with E-state index in [1.54, 1.807) is 12.4 Å². The quantitative estimate of drug-likeness (QED) is 0.195. The molecule has 4 heterocycles. The topological polar surface area (TPSA) is 64.5 Å². The van der Waals surface area contributed by atoms with Crippen LogP contribution in [0.2, 0.25) is 0 Å². The standard InChI is InChI=1S/C39H25N5/c1-2-11-26(12-3-1)31-24-35(42-33-20-19-27-13-4-5-16-30(27)38(31)33)28-14-10-15-29(23-28)36-25-37(32-17-6-8-21-40-32)44-39(43-36)34-18-7-9-22-41-34/h1-25H. The van der Waals surface area contributed by atoms with Gasteiger partial charge >= 0.3 is 0 Å². The number of hydrogen-bond donors (Lipinski definition) is 0. The fourth-order valence-corrected chi connectivity index (χ4v) is 5.69. The van der Waals surface area contributed by atoms with Gasteiger partial charge in [-0.25, -0.2) is 15.0 Å². The van der Waals surface area contributed by atoms with E-state index in [4.69, 9.17) is 15.0 Å². The Hall–Kier alpha value is -6.07. The van der Waals surface area contributed by atoms with Crippen molar-refractivity contribution in [3.05, 3.63) is 152 Å². The number of pyridine rings is 3. The van der Waals surface area contributed by atoms with Crippen LogP contribution in [-0.4, -0.2) is 24.9 Å². The van der Waals surface area contributed by atoms with Gasteiger partial charge in [0.25, 0.3) is 0 Å². The lowest BCUT2D eigenvalue weighted by molar-refractivity contribution is 1.13. The Morgan fingerprint density at radius 2 is 1.05 bits per heavy atom. The zero-order valence-electron chi connectivity index (χ0n) is 23.7. The lowest BCUT2D eigenvalue weighted by Crippen LogP contribution is -1.98. The summed E-state index contributed by atoms with van der Waals surface area (Å²) in [6, 6.07) is 47.5. The Labute approximate surface area is 254 Å². The molecular weight excluding hydrogens is 538 g/mol. The summed E-state index contributed by atoms with van der Waals surface area (Å²) < 4.78 is 0. The van der Waals surface area contributed by atoms with Gasteiger partial charge in [-0.2, -0.15) is 0 Å². The first-order chi connectivity index (χ1) is 21.8. The molecular formula is C39H25N5. The summed E-state index contributed by atoms with van der Waals surface area (Å²) in [5, 5.41) is 3.55. The molecule has 0 fully saturated rings. The average Bonchev–Trinajstić information content (AvgIpc) is 3.12. The van der Waals surface area contributed by atoms with Gasteiger partial charge in [-0.3, -0.25) is 9.97 Å². The zero-order chi connectivity index (χ0) is 29.3. The molecule has 0 spiro atoms. The second-order valence-corrected chi connectivity index (χ2v) is 10.6. The molecule has 0 aliphatic carbocycles. The number of fused-ring (bicyclic) bond motifs is 3. The molecule has 4 aromatic heterocycles. The van der Waals surface area contributed by atoms with Gasteiger partial charge in [-0.15, -0.1) is 0 Å². The highest BCUT2D eigenvalue weighted by molar-refractivity contribution is 6.13. The van der Waals surface area contributed by atoms with Gasteiger partial charge in [0.15, 0.2) is 5.82 Å². The second-order valence-electron chi connectivity index (χ2n) is 10.6. The molecule has 0 N–H and O–H groups in total. The lowest BCUT2D eigenvalue weighted by atomic mass is 9.94. The van der Waals surface area contributed by atoms with Crippen LogP contribution in [0.15, 0.2) is 152 Å². The van der Waals surface area contributed by atoms with Crippen molar-refractivity contribution in [3.8, 4) is 56.5 Å². The van der Waals surface area contributed by atoms with Crippen molar-refractivity contribution in [2.24, 2.45) is 0 Å². The molecule has 4 aromatic carbocycles. The van der Waals surface area contributed by atoms with Crippen LogP contribution in [0.3, 0.4) is 0 Å². The van der Waals surface area contributed by atoms with Crippen LogP contribution >= 0.6 is 0 Å². The summed E-state index contributed by atoms with van der Waals surface area (Å²) in [4.78, 5) is 24.1. The minimum absolute atomic E-state index is 0.552.